The highest BCUT2D eigenvalue weighted by atomic mass is 35.5. The SMILES string of the molecule is COc1ccc(CN2C(=O)CS[C@H]2c2ccc(Cl)cc2)cc1. The smallest absolute Gasteiger partial charge is 0.234 e. The van der Waals surface area contributed by atoms with Crippen LogP contribution in [0.15, 0.2) is 48.5 Å². The molecule has 1 aliphatic rings. The van der Waals surface area contributed by atoms with Gasteiger partial charge in [0.2, 0.25) is 5.91 Å². The molecule has 1 aliphatic heterocycles. The molecular weight excluding hydrogens is 318 g/mol. The molecule has 2 aromatic rings. The van der Waals surface area contributed by atoms with Gasteiger partial charge in [-0.2, -0.15) is 0 Å². The first-order chi connectivity index (χ1) is 10.7. The molecule has 3 nitrogen and oxygen atoms in total. The zero-order valence-electron chi connectivity index (χ0n) is 12.2. The van der Waals surface area contributed by atoms with Gasteiger partial charge in [0.15, 0.2) is 0 Å². The lowest BCUT2D eigenvalue weighted by Gasteiger charge is -2.24. The Morgan fingerprint density at radius 1 is 1.18 bits per heavy atom. The average Bonchev–Trinajstić information content (AvgIpc) is 2.90. The number of thioether (sulfide) groups is 1. The van der Waals surface area contributed by atoms with E-state index in [9.17, 15) is 4.79 Å². The number of carbonyl (C=O) groups is 1. The molecule has 1 amide bonds. The summed E-state index contributed by atoms with van der Waals surface area (Å²) in [5, 5.41) is 0.756. The minimum atomic E-state index is 0.0480. The van der Waals surface area contributed by atoms with E-state index in [-0.39, 0.29) is 11.3 Å². The molecule has 0 N–H and O–H groups in total. The van der Waals surface area contributed by atoms with Crippen molar-refractivity contribution >= 4 is 29.3 Å². The fourth-order valence-corrected chi connectivity index (χ4v) is 3.77. The van der Waals surface area contributed by atoms with Crippen molar-refractivity contribution in [3.05, 3.63) is 64.7 Å². The second-order valence-electron chi connectivity index (χ2n) is 5.08. The molecule has 0 saturated carbocycles. The Kier molecular flexibility index (Phi) is 4.60. The number of halogens is 1. The van der Waals surface area contributed by atoms with Gasteiger partial charge in [-0.1, -0.05) is 35.9 Å². The third-order valence-electron chi connectivity index (χ3n) is 3.64. The van der Waals surface area contributed by atoms with Crippen molar-refractivity contribution in [1.29, 1.82) is 0 Å². The van der Waals surface area contributed by atoms with E-state index >= 15 is 0 Å². The lowest BCUT2D eigenvalue weighted by Crippen LogP contribution is -2.27. The van der Waals surface area contributed by atoms with E-state index in [1.165, 1.54) is 0 Å². The number of rotatable bonds is 4. The number of ether oxygens (including phenoxy) is 1. The van der Waals surface area contributed by atoms with E-state index in [1.807, 2.05) is 53.4 Å². The number of amides is 1. The fourth-order valence-electron chi connectivity index (χ4n) is 2.46. The van der Waals surface area contributed by atoms with Crippen LogP contribution in [0.3, 0.4) is 0 Å². The second kappa shape index (κ2) is 6.63. The van der Waals surface area contributed by atoms with Crippen LogP contribution in [0.2, 0.25) is 5.02 Å². The van der Waals surface area contributed by atoms with Gasteiger partial charge in [-0.05, 0) is 35.4 Å². The molecule has 0 unspecified atom stereocenters. The van der Waals surface area contributed by atoms with Gasteiger partial charge in [-0.15, -0.1) is 11.8 Å². The molecule has 0 radical (unpaired) electrons. The molecule has 0 spiro atoms. The lowest BCUT2D eigenvalue weighted by atomic mass is 10.1. The van der Waals surface area contributed by atoms with Crippen molar-refractivity contribution in [3.8, 4) is 5.75 Å². The van der Waals surface area contributed by atoms with Crippen LogP contribution in [-0.2, 0) is 11.3 Å². The van der Waals surface area contributed by atoms with E-state index in [1.54, 1.807) is 18.9 Å². The minimum Gasteiger partial charge on any atom is -0.497 e. The molecule has 1 saturated heterocycles. The molecule has 114 valence electrons. The first-order valence-electron chi connectivity index (χ1n) is 6.97. The monoisotopic (exact) mass is 333 g/mol. The van der Waals surface area contributed by atoms with Crippen LogP contribution in [0, 0.1) is 0 Å². The fraction of sp³-hybridized carbons (Fsp3) is 0.235. The van der Waals surface area contributed by atoms with Gasteiger partial charge >= 0.3 is 0 Å². The Morgan fingerprint density at radius 3 is 2.50 bits per heavy atom. The topological polar surface area (TPSA) is 29.5 Å². The number of carbonyl (C=O) groups excluding carboxylic acids is 1. The molecule has 0 bridgehead atoms. The molecule has 0 aromatic heterocycles. The largest absolute Gasteiger partial charge is 0.497 e. The summed E-state index contributed by atoms with van der Waals surface area (Å²) in [6.07, 6.45) is 0. The number of nitrogens with zero attached hydrogens (tertiary/aromatic N) is 1. The van der Waals surface area contributed by atoms with Crippen molar-refractivity contribution in [2.24, 2.45) is 0 Å². The Labute approximate surface area is 139 Å². The summed E-state index contributed by atoms with van der Waals surface area (Å²) >= 11 is 7.60. The van der Waals surface area contributed by atoms with Crippen LogP contribution >= 0.6 is 23.4 Å². The van der Waals surface area contributed by atoms with E-state index in [2.05, 4.69) is 0 Å². The summed E-state index contributed by atoms with van der Waals surface area (Å²) in [5.41, 5.74) is 2.20. The summed E-state index contributed by atoms with van der Waals surface area (Å²) < 4.78 is 5.16. The molecule has 5 heteroatoms. The van der Waals surface area contributed by atoms with Gasteiger partial charge in [0.05, 0.1) is 12.9 Å². The van der Waals surface area contributed by atoms with Crippen molar-refractivity contribution < 1.29 is 9.53 Å². The van der Waals surface area contributed by atoms with Crippen LogP contribution in [-0.4, -0.2) is 23.7 Å². The normalized spacial score (nSPS) is 17.8. The first kappa shape index (κ1) is 15.3. The molecule has 0 aliphatic carbocycles. The average molecular weight is 334 g/mol. The van der Waals surface area contributed by atoms with Crippen LogP contribution in [0.25, 0.3) is 0 Å². The zero-order valence-corrected chi connectivity index (χ0v) is 13.7. The van der Waals surface area contributed by atoms with Crippen LogP contribution in [0.1, 0.15) is 16.5 Å². The highest BCUT2D eigenvalue weighted by Crippen LogP contribution is 2.39. The molecule has 3 rings (SSSR count). The molecular formula is C17H16ClNO2S. The maximum atomic E-state index is 12.2. The molecule has 22 heavy (non-hydrogen) atoms. The summed E-state index contributed by atoms with van der Waals surface area (Å²) in [5.74, 6) is 1.50. The molecule has 1 heterocycles. The quantitative estimate of drug-likeness (QED) is 0.842. The van der Waals surface area contributed by atoms with Crippen molar-refractivity contribution in [2.45, 2.75) is 11.9 Å². The Balaban J connectivity index is 1.79. The maximum absolute atomic E-state index is 12.2. The van der Waals surface area contributed by atoms with Gasteiger partial charge in [-0.25, -0.2) is 0 Å². The van der Waals surface area contributed by atoms with Gasteiger partial charge in [0.25, 0.3) is 0 Å². The molecule has 1 fully saturated rings. The van der Waals surface area contributed by atoms with E-state index in [0.717, 1.165) is 16.9 Å². The first-order valence-corrected chi connectivity index (χ1v) is 8.39. The highest BCUT2D eigenvalue weighted by molar-refractivity contribution is 8.00. The number of benzene rings is 2. The predicted octanol–water partition coefficient (Wildman–Crippen LogP) is 4.12. The van der Waals surface area contributed by atoms with Gasteiger partial charge in [-0.3, -0.25) is 4.79 Å². The van der Waals surface area contributed by atoms with Gasteiger partial charge in [0.1, 0.15) is 11.1 Å². The number of hydrogen-bond acceptors (Lipinski definition) is 3. The van der Waals surface area contributed by atoms with Crippen molar-refractivity contribution in [3.63, 3.8) is 0 Å². The minimum absolute atomic E-state index is 0.0480. The standard InChI is InChI=1S/C17H16ClNO2S/c1-21-15-8-2-12(3-9-15)10-19-16(20)11-22-17(19)13-4-6-14(18)7-5-13/h2-9,17H,10-11H2,1H3/t17-/m0/s1. The third-order valence-corrected chi connectivity index (χ3v) is 5.14. The second-order valence-corrected chi connectivity index (χ2v) is 6.59. The number of methoxy groups -OCH3 is 1. The predicted molar refractivity (Wildman–Crippen MR) is 90.2 cm³/mol. The van der Waals surface area contributed by atoms with Crippen molar-refractivity contribution in [2.75, 3.05) is 12.9 Å². The van der Waals surface area contributed by atoms with Crippen LogP contribution in [0.4, 0.5) is 0 Å². The summed E-state index contributed by atoms with van der Waals surface area (Å²) in [7, 11) is 1.65. The summed E-state index contributed by atoms with van der Waals surface area (Å²) in [6, 6.07) is 15.5. The van der Waals surface area contributed by atoms with E-state index in [4.69, 9.17) is 16.3 Å². The summed E-state index contributed by atoms with van der Waals surface area (Å²) in [4.78, 5) is 14.1. The third kappa shape index (κ3) is 3.23. The lowest BCUT2D eigenvalue weighted by molar-refractivity contribution is -0.128. The maximum Gasteiger partial charge on any atom is 0.234 e. The summed E-state index contributed by atoms with van der Waals surface area (Å²) in [6.45, 7) is 0.600. The van der Waals surface area contributed by atoms with Gasteiger partial charge in [0, 0.05) is 11.6 Å². The Bertz CT molecular complexity index is 657. The Morgan fingerprint density at radius 2 is 1.86 bits per heavy atom. The molecule has 2 aromatic carbocycles. The van der Waals surface area contributed by atoms with Crippen LogP contribution in [0.5, 0.6) is 5.75 Å². The van der Waals surface area contributed by atoms with Gasteiger partial charge < -0.3 is 9.64 Å². The highest BCUT2D eigenvalue weighted by Gasteiger charge is 2.32. The van der Waals surface area contributed by atoms with Crippen molar-refractivity contribution in [1.82, 2.24) is 4.90 Å². The van der Waals surface area contributed by atoms with Crippen LogP contribution < -0.4 is 4.74 Å². The number of hydrogen-bond donors (Lipinski definition) is 0. The molecule has 1 atom stereocenters. The Hall–Kier alpha value is -1.65. The van der Waals surface area contributed by atoms with E-state index in [0.29, 0.717) is 17.3 Å². The zero-order chi connectivity index (χ0) is 15.5. The van der Waals surface area contributed by atoms with E-state index < -0.39 is 0 Å².